The van der Waals surface area contributed by atoms with E-state index in [1.54, 1.807) is 0 Å². The van der Waals surface area contributed by atoms with Gasteiger partial charge in [0.1, 0.15) is 0 Å². The summed E-state index contributed by atoms with van der Waals surface area (Å²) in [6, 6.07) is 11.1. The van der Waals surface area contributed by atoms with Crippen LogP contribution in [0.2, 0.25) is 0 Å². The summed E-state index contributed by atoms with van der Waals surface area (Å²) in [5.74, 6) is 6.43. The molecular weight excluding hydrogens is 258 g/mol. The zero-order valence-corrected chi connectivity index (χ0v) is 12.5. The molecule has 1 aliphatic rings. The number of benzene rings is 1. The van der Waals surface area contributed by atoms with Gasteiger partial charge in [-0.15, -0.1) is 0 Å². The molecule has 0 aliphatic heterocycles. The number of aryl methyl sites for hydroxylation is 2. The molecule has 2 aromatic rings. The first-order valence-corrected chi connectivity index (χ1v) is 7.74. The van der Waals surface area contributed by atoms with Gasteiger partial charge in [-0.25, -0.2) is 0 Å². The minimum atomic E-state index is 0.184. The molecular formula is C18H23N3. The number of hydrogen-bond donors (Lipinski definition) is 2. The van der Waals surface area contributed by atoms with Gasteiger partial charge in [-0.2, -0.15) is 0 Å². The lowest BCUT2D eigenvalue weighted by Gasteiger charge is -2.29. The number of aromatic nitrogens is 1. The van der Waals surface area contributed by atoms with Gasteiger partial charge in [-0.05, 0) is 66.8 Å². The first kappa shape index (κ1) is 14.2. The van der Waals surface area contributed by atoms with E-state index in [4.69, 9.17) is 5.84 Å². The standard InChI is InChI=1S/C18H23N3/c1-13-12-20-10-9-16(13)18(21-19)11-15-7-4-6-14-5-2-3-8-17(14)15/h2-3,5,8-10,12,15,18,21H,4,6-7,11,19H2,1H3. The molecule has 0 radical (unpaired) electrons. The molecule has 0 spiro atoms. The van der Waals surface area contributed by atoms with Crippen LogP contribution in [0.15, 0.2) is 42.7 Å². The van der Waals surface area contributed by atoms with Crippen molar-refractivity contribution in [3.05, 3.63) is 65.0 Å². The topological polar surface area (TPSA) is 50.9 Å². The maximum Gasteiger partial charge on any atom is 0.0469 e. The number of nitrogens with two attached hydrogens (primary N) is 1. The highest BCUT2D eigenvalue weighted by Crippen LogP contribution is 2.37. The molecule has 0 amide bonds. The van der Waals surface area contributed by atoms with Gasteiger partial charge in [0.15, 0.2) is 0 Å². The number of nitrogens with zero attached hydrogens (tertiary/aromatic N) is 1. The number of hydrogen-bond acceptors (Lipinski definition) is 3. The molecule has 2 unspecified atom stereocenters. The van der Waals surface area contributed by atoms with Gasteiger partial charge >= 0.3 is 0 Å². The van der Waals surface area contributed by atoms with E-state index in [0.29, 0.717) is 5.92 Å². The van der Waals surface area contributed by atoms with E-state index >= 15 is 0 Å². The lowest BCUT2D eigenvalue weighted by Crippen LogP contribution is -2.30. The summed E-state index contributed by atoms with van der Waals surface area (Å²) in [7, 11) is 0. The Kier molecular flexibility index (Phi) is 4.32. The Labute approximate surface area is 126 Å². The number of fused-ring (bicyclic) bond motifs is 1. The molecule has 3 N–H and O–H groups in total. The molecule has 1 aromatic heterocycles. The third kappa shape index (κ3) is 2.99. The summed E-state index contributed by atoms with van der Waals surface area (Å²) in [6.07, 6.45) is 8.53. The lowest BCUT2D eigenvalue weighted by atomic mass is 9.78. The number of nitrogens with one attached hydrogen (secondary N) is 1. The highest BCUT2D eigenvalue weighted by Gasteiger charge is 2.24. The van der Waals surface area contributed by atoms with Gasteiger partial charge in [0.25, 0.3) is 0 Å². The van der Waals surface area contributed by atoms with Crippen LogP contribution in [0.3, 0.4) is 0 Å². The third-order valence-corrected chi connectivity index (χ3v) is 4.65. The fraction of sp³-hybridized carbons (Fsp3) is 0.389. The maximum absolute atomic E-state index is 5.84. The van der Waals surface area contributed by atoms with Gasteiger partial charge in [0.2, 0.25) is 0 Å². The molecule has 2 atom stereocenters. The van der Waals surface area contributed by atoms with Crippen LogP contribution < -0.4 is 11.3 Å². The van der Waals surface area contributed by atoms with Gasteiger partial charge < -0.3 is 0 Å². The van der Waals surface area contributed by atoms with E-state index in [0.717, 1.165) is 6.42 Å². The molecule has 21 heavy (non-hydrogen) atoms. The minimum Gasteiger partial charge on any atom is -0.271 e. The van der Waals surface area contributed by atoms with Crippen molar-refractivity contribution in [2.45, 2.75) is 44.6 Å². The smallest absolute Gasteiger partial charge is 0.0469 e. The Morgan fingerprint density at radius 3 is 3.00 bits per heavy atom. The van der Waals surface area contributed by atoms with Crippen molar-refractivity contribution in [3.63, 3.8) is 0 Å². The lowest BCUT2D eigenvalue weighted by molar-refractivity contribution is 0.424. The summed E-state index contributed by atoms with van der Waals surface area (Å²) in [6.45, 7) is 2.10. The van der Waals surface area contributed by atoms with E-state index in [2.05, 4.69) is 47.7 Å². The van der Waals surface area contributed by atoms with Crippen molar-refractivity contribution >= 4 is 0 Å². The predicted molar refractivity (Wildman–Crippen MR) is 85.8 cm³/mol. The molecule has 1 aliphatic carbocycles. The maximum atomic E-state index is 5.84. The van der Waals surface area contributed by atoms with Gasteiger partial charge in [0, 0.05) is 18.4 Å². The second-order valence-electron chi connectivity index (χ2n) is 5.98. The molecule has 3 heteroatoms. The Hall–Kier alpha value is -1.71. The van der Waals surface area contributed by atoms with Crippen molar-refractivity contribution in [2.75, 3.05) is 0 Å². The summed E-state index contributed by atoms with van der Waals surface area (Å²) in [4.78, 5) is 4.18. The third-order valence-electron chi connectivity index (χ3n) is 4.65. The predicted octanol–water partition coefficient (Wildman–Crippen LogP) is 3.40. The van der Waals surface area contributed by atoms with E-state index in [-0.39, 0.29) is 6.04 Å². The quantitative estimate of drug-likeness (QED) is 0.667. The average molecular weight is 281 g/mol. The summed E-state index contributed by atoms with van der Waals surface area (Å²) >= 11 is 0. The molecule has 110 valence electrons. The van der Waals surface area contributed by atoms with Crippen LogP contribution >= 0.6 is 0 Å². The first-order valence-electron chi connectivity index (χ1n) is 7.74. The zero-order valence-electron chi connectivity index (χ0n) is 12.5. The molecule has 3 nitrogen and oxygen atoms in total. The Balaban J connectivity index is 1.84. The normalized spacial score (nSPS) is 19.0. The van der Waals surface area contributed by atoms with E-state index in [1.165, 1.54) is 41.5 Å². The average Bonchev–Trinajstić information content (AvgIpc) is 2.53. The van der Waals surface area contributed by atoms with Crippen LogP contribution in [0.4, 0.5) is 0 Å². The second kappa shape index (κ2) is 6.37. The molecule has 1 aromatic carbocycles. The molecule has 1 heterocycles. The van der Waals surface area contributed by atoms with E-state index in [9.17, 15) is 0 Å². The van der Waals surface area contributed by atoms with Crippen LogP contribution in [0.25, 0.3) is 0 Å². The Morgan fingerprint density at radius 2 is 2.19 bits per heavy atom. The van der Waals surface area contributed by atoms with Crippen LogP contribution in [-0.2, 0) is 6.42 Å². The molecule has 0 saturated carbocycles. The molecule has 0 fully saturated rings. The van der Waals surface area contributed by atoms with Crippen LogP contribution in [0.5, 0.6) is 0 Å². The highest BCUT2D eigenvalue weighted by molar-refractivity contribution is 5.34. The SMILES string of the molecule is Cc1cnccc1C(CC1CCCc2ccccc21)NN. The van der Waals surface area contributed by atoms with E-state index in [1.807, 2.05) is 12.4 Å². The Morgan fingerprint density at radius 1 is 1.33 bits per heavy atom. The van der Waals surface area contributed by atoms with Crippen LogP contribution in [-0.4, -0.2) is 4.98 Å². The second-order valence-corrected chi connectivity index (χ2v) is 5.98. The number of pyridine rings is 1. The van der Waals surface area contributed by atoms with Gasteiger partial charge in [0.05, 0.1) is 0 Å². The van der Waals surface area contributed by atoms with Crippen molar-refractivity contribution in [1.82, 2.24) is 10.4 Å². The summed E-state index contributed by atoms with van der Waals surface area (Å²) in [5, 5.41) is 0. The van der Waals surface area contributed by atoms with Crippen molar-refractivity contribution < 1.29 is 0 Å². The Bertz CT molecular complexity index is 609. The summed E-state index contributed by atoms with van der Waals surface area (Å²) in [5.41, 5.74) is 8.49. The van der Waals surface area contributed by atoms with Crippen molar-refractivity contribution in [1.29, 1.82) is 0 Å². The van der Waals surface area contributed by atoms with Gasteiger partial charge in [-0.1, -0.05) is 24.3 Å². The summed E-state index contributed by atoms with van der Waals surface area (Å²) < 4.78 is 0. The monoisotopic (exact) mass is 281 g/mol. The minimum absolute atomic E-state index is 0.184. The fourth-order valence-corrected chi connectivity index (χ4v) is 3.54. The van der Waals surface area contributed by atoms with Crippen molar-refractivity contribution in [3.8, 4) is 0 Å². The highest BCUT2D eigenvalue weighted by atomic mass is 15.2. The number of hydrazine groups is 1. The number of rotatable bonds is 4. The molecule has 3 rings (SSSR count). The first-order chi connectivity index (χ1) is 10.3. The molecule has 0 bridgehead atoms. The molecule has 0 saturated heterocycles. The van der Waals surface area contributed by atoms with E-state index < -0.39 is 0 Å². The fourth-order valence-electron chi connectivity index (χ4n) is 3.54. The van der Waals surface area contributed by atoms with Gasteiger partial charge in [-0.3, -0.25) is 16.3 Å². The van der Waals surface area contributed by atoms with Crippen LogP contribution in [0.1, 0.15) is 53.5 Å². The van der Waals surface area contributed by atoms with Crippen molar-refractivity contribution in [2.24, 2.45) is 5.84 Å². The zero-order chi connectivity index (χ0) is 14.7. The largest absolute Gasteiger partial charge is 0.271 e. The van der Waals surface area contributed by atoms with Crippen LogP contribution in [0, 0.1) is 6.92 Å².